The van der Waals surface area contributed by atoms with E-state index < -0.39 is 0 Å². The molecule has 2 heterocycles. The molecule has 1 unspecified atom stereocenters. The maximum atomic E-state index is 12.4. The maximum absolute atomic E-state index is 12.4. The monoisotopic (exact) mass is 296 g/mol. The van der Waals surface area contributed by atoms with Gasteiger partial charge in [0.2, 0.25) is 0 Å². The van der Waals surface area contributed by atoms with Gasteiger partial charge in [0.15, 0.2) is 0 Å². The third-order valence-corrected chi connectivity index (χ3v) is 4.45. The topological polar surface area (TPSA) is 32.3 Å². The average Bonchev–Trinajstić information content (AvgIpc) is 2.61. The second kappa shape index (κ2) is 7.41. The Labute approximate surface area is 132 Å². The number of amides is 1. The van der Waals surface area contributed by atoms with Gasteiger partial charge in [-0.2, -0.15) is 0 Å². The summed E-state index contributed by atoms with van der Waals surface area (Å²) in [4.78, 5) is 14.2. The van der Waals surface area contributed by atoms with Crippen molar-refractivity contribution in [3.8, 4) is 0 Å². The number of nitrogens with zero attached hydrogens (tertiary/aromatic N) is 1. The highest BCUT2D eigenvalue weighted by molar-refractivity contribution is 5.92. The van der Waals surface area contributed by atoms with Crippen LogP contribution >= 0.6 is 0 Å². The van der Waals surface area contributed by atoms with E-state index in [4.69, 9.17) is 0 Å². The number of benzene rings is 1. The van der Waals surface area contributed by atoms with Crippen molar-refractivity contribution < 1.29 is 4.79 Å². The first-order valence-electron chi connectivity index (χ1n) is 8.30. The Balaban J connectivity index is 1.65. The maximum Gasteiger partial charge on any atom is 0.250 e. The molecule has 0 bridgehead atoms. The lowest BCUT2D eigenvalue weighted by Crippen LogP contribution is -2.39. The lowest BCUT2D eigenvalue weighted by Gasteiger charge is -2.31. The zero-order valence-corrected chi connectivity index (χ0v) is 13.0. The first-order valence-corrected chi connectivity index (χ1v) is 8.30. The van der Waals surface area contributed by atoms with E-state index in [0.717, 1.165) is 31.5 Å². The highest BCUT2D eigenvalue weighted by Gasteiger charge is 2.22. The molecule has 3 rings (SSSR count). The molecule has 0 radical (unpaired) electrons. The molecule has 3 heteroatoms. The van der Waals surface area contributed by atoms with Crippen molar-refractivity contribution in [3.63, 3.8) is 0 Å². The lowest BCUT2D eigenvalue weighted by molar-refractivity contribution is -0.123. The van der Waals surface area contributed by atoms with E-state index in [2.05, 4.69) is 11.5 Å². The van der Waals surface area contributed by atoms with Gasteiger partial charge in [-0.05, 0) is 49.4 Å². The SMILES string of the molecule is O=C(/C=C/c1ccccc1)N1C=C(C2CCCCN2)CCC1. The molecule has 116 valence electrons. The summed E-state index contributed by atoms with van der Waals surface area (Å²) in [6, 6.07) is 10.4. The number of carbonyl (C=O) groups excluding carboxylic acids is 1. The number of carbonyl (C=O) groups is 1. The summed E-state index contributed by atoms with van der Waals surface area (Å²) in [6.45, 7) is 1.93. The van der Waals surface area contributed by atoms with Crippen molar-refractivity contribution in [2.45, 2.75) is 38.1 Å². The van der Waals surface area contributed by atoms with Crippen LogP contribution in [0.2, 0.25) is 0 Å². The molecule has 3 nitrogen and oxygen atoms in total. The van der Waals surface area contributed by atoms with E-state index in [1.54, 1.807) is 6.08 Å². The van der Waals surface area contributed by atoms with Crippen molar-refractivity contribution in [1.82, 2.24) is 10.2 Å². The van der Waals surface area contributed by atoms with Gasteiger partial charge in [-0.25, -0.2) is 0 Å². The largest absolute Gasteiger partial charge is 0.316 e. The molecular formula is C19H24N2O. The van der Waals surface area contributed by atoms with E-state index in [1.807, 2.05) is 41.3 Å². The molecule has 0 aromatic heterocycles. The molecule has 2 aliphatic heterocycles. The van der Waals surface area contributed by atoms with Crippen molar-refractivity contribution in [2.24, 2.45) is 0 Å². The summed E-state index contributed by atoms with van der Waals surface area (Å²) in [6.07, 6.45) is 11.6. The average molecular weight is 296 g/mol. The van der Waals surface area contributed by atoms with Crippen LogP contribution in [0.5, 0.6) is 0 Å². The van der Waals surface area contributed by atoms with Gasteiger partial charge in [0.05, 0.1) is 0 Å². The first kappa shape index (κ1) is 15.0. The van der Waals surface area contributed by atoms with Crippen LogP contribution in [0.25, 0.3) is 6.08 Å². The summed E-state index contributed by atoms with van der Waals surface area (Å²) in [7, 11) is 0. The minimum absolute atomic E-state index is 0.0804. The Bertz CT molecular complexity index is 556. The highest BCUT2D eigenvalue weighted by atomic mass is 16.2. The number of hydrogen-bond donors (Lipinski definition) is 1. The molecule has 1 saturated heterocycles. The summed E-state index contributed by atoms with van der Waals surface area (Å²) in [5.41, 5.74) is 2.46. The van der Waals surface area contributed by atoms with Gasteiger partial charge in [0, 0.05) is 24.9 Å². The van der Waals surface area contributed by atoms with Crippen LogP contribution in [-0.4, -0.2) is 29.9 Å². The Morgan fingerprint density at radius 2 is 2.05 bits per heavy atom. The van der Waals surface area contributed by atoms with Crippen LogP contribution in [0, 0.1) is 0 Å². The summed E-state index contributed by atoms with van der Waals surface area (Å²) in [5.74, 6) is 0.0804. The predicted molar refractivity (Wildman–Crippen MR) is 90.1 cm³/mol. The molecule has 1 fully saturated rings. The van der Waals surface area contributed by atoms with Crippen LogP contribution in [0.1, 0.15) is 37.7 Å². The fraction of sp³-hybridized carbons (Fsp3) is 0.421. The molecular weight excluding hydrogens is 272 g/mol. The zero-order valence-electron chi connectivity index (χ0n) is 13.0. The molecule has 0 aliphatic carbocycles. The van der Waals surface area contributed by atoms with E-state index in [0.29, 0.717) is 6.04 Å². The van der Waals surface area contributed by atoms with Crippen LogP contribution in [0.15, 0.2) is 48.2 Å². The molecule has 1 N–H and O–H groups in total. The first-order chi connectivity index (χ1) is 10.8. The second-order valence-electron chi connectivity index (χ2n) is 6.09. The third-order valence-electron chi connectivity index (χ3n) is 4.45. The molecule has 2 aliphatic rings. The number of nitrogens with one attached hydrogen (secondary N) is 1. The van der Waals surface area contributed by atoms with Crippen molar-refractivity contribution >= 4 is 12.0 Å². The van der Waals surface area contributed by atoms with Gasteiger partial charge in [-0.1, -0.05) is 36.8 Å². The van der Waals surface area contributed by atoms with Gasteiger partial charge in [0.1, 0.15) is 0 Å². The van der Waals surface area contributed by atoms with Crippen LogP contribution in [-0.2, 0) is 4.79 Å². The summed E-state index contributed by atoms with van der Waals surface area (Å²) >= 11 is 0. The van der Waals surface area contributed by atoms with Crippen molar-refractivity contribution in [1.29, 1.82) is 0 Å². The van der Waals surface area contributed by atoms with Gasteiger partial charge >= 0.3 is 0 Å². The summed E-state index contributed by atoms with van der Waals surface area (Å²) in [5, 5.41) is 3.58. The number of piperidine rings is 1. The molecule has 0 spiro atoms. The third kappa shape index (κ3) is 3.86. The fourth-order valence-corrected chi connectivity index (χ4v) is 3.22. The minimum atomic E-state index is 0.0804. The number of hydrogen-bond acceptors (Lipinski definition) is 2. The van der Waals surface area contributed by atoms with E-state index in [-0.39, 0.29) is 5.91 Å². The molecule has 1 atom stereocenters. The standard InChI is InChI=1S/C19H24N2O/c22-19(12-11-16-7-2-1-3-8-16)21-14-6-9-17(15-21)18-10-4-5-13-20-18/h1-3,7-8,11-12,15,18,20H,4-6,9-10,13-14H2/b12-11+. The smallest absolute Gasteiger partial charge is 0.250 e. The van der Waals surface area contributed by atoms with Crippen molar-refractivity contribution in [3.05, 3.63) is 53.7 Å². The zero-order chi connectivity index (χ0) is 15.2. The van der Waals surface area contributed by atoms with E-state index in [9.17, 15) is 4.79 Å². The highest BCUT2D eigenvalue weighted by Crippen LogP contribution is 2.23. The van der Waals surface area contributed by atoms with Gasteiger partial charge < -0.3 is 10.2 Å². The summed E-state index contributed by atoms with van der Waals surface area (Å²) < 4.78 is 0. The molecule has 22 heavy (non-hydrogen) atoms. The van der Waals surface area contributed by atoms with Crippen LogP contribution in [0.3, 0.4) is 0 Å². The fourth-order valence-electron chi connectivity index (χ4n) is 3.22. The molecule has 1 aromatic carbocycles. The molecule has 1 amide bonds. The van der Waals surface area contributed by atoms with E-state index in [1.165, 1.54) is 24.8 Å². The van der Waals surface area contributed by atoms with Gasteiger partial charge in [-0.3, -0.25) is 4.79 Å². The Morgan fingerprint density at radius 3 is 2.82 bits per heavy atom. The van der Waals surface area contributed by atoms with Crippen LogP contribution < -0.4 is 5.32 Å². The lowest BCUT2D eigenvalue weighted by atomic mass is 9.93. The Hall–Kier alpha value is -1.87. The molecule has 0 saturated carbocycles. The van der Waals surface area contributed by atoms with Crippen LogP contribution in [0.4, 0.5) is 0 Å². The van der Waals surface area contributed by atoms with Gasteiger partial charge in [0.25, 0.3) is 5.91 Å². The predicted octanol–water partition coefficient (Wildman–Crippen LogP) is 3.35. The van der Waals surface area contributed by atoms with Crippen molar-refractivity contribution in [2.75, 3.05) is 13.1 Å². The normalized spacial score (nSPS) is 22.6. The Kier molecular flexibility index (Phi) is 5.07. The quantitative estimate of drug-likeness (QED) is 0.868. The minimum Gasteiger partial charge on any atom is -0.316 e. The molecule has 1 aromatic rings. The second-order valence-corrected chi connectivity index (χ2v) is 6.09. The Morgan fingerprint density at radius 1 is 1.18 bits per heavy atom. The number of rotatable bonds is 3. The van der Waals surface area contributed by atoms with Gasteiger partial charge in [-0.15, -0.1) is 0 Å². The van der Waals surface area contributed by atoms with E-state index >= 15 is 0 Å².